The molecule has 1 N–H and O–H groups in total. The topological polar surface area (TPSA) is 74.7 Å². The van der Waals surface area contributed by atoms with E-state index in [-0.39, 0.29) is 4.90 Å². The number of carboxylic acids is 1. The average Bonchev–Trinajstić information content (AvgIpc) is 2.35. The second kappa shape index (κ2) is 6.40. The molecule has 0 heterocycles. The first-order chi connectivity index (χ1) is 8.80. The Morgan fingerprint density at radius 3 is 2.42 bits per heavy atom. The maximum absolute atomic E-state index is 12.2. The lowest BCUT2D eigenvalue weighted by atomic mass is 10.3. The Hall–Kier alpha value is -1.05. The van der Waals surface area contributed by atoms with E-state index in [1.54, 1.807) is 25.1 Å². The summed E-state index contributed by atoms with van der Waals surface area (Å²) in [6, 6.07) is 6.45. The highest BCUT2D eigenvalue weighted by Crippen LogP contribution is 2.32. The minimum atomic E-state index is -3.57. The smallest absolute Gasteiger partial charge is 0.316 e. The molecular formula is C12H17NO4S2. The van der Waals surface area contributed by atoms with Crippen LogP contribution >= 0.6 is 11.8 Å². The minimum absolute atomic E-state index is 0.143. The zero-order valence-corrected chi connectivity index (χ0v) is 12.7. The summed E-state index contributed by atoms with van der Waals surface area (Å²) in [6.07, 6.45) is 0.427. The van der Waals surface area contributed by atoms with Crippen LogP contribution in [0.15, 0.2) is 34.1 Å². The van der Waals surface area contributed by atoms with Gasteiger partial charge in [0, 0.05) is 19.0 Å². The lowest BCUT2D eigenvalue weighted by molar-refractivity contribution is -0.136. The van der Waals surface area contributed by atoms with Crippen LogP contribution in [0, 0.1) is 0 Å². The van der Waals surface area contributed by atoms with Crippen LogP contribution in [0.1, 0.15) is 13.3 Å². The van der Waals surface area contributed by atoms with Crippen LogP contribution in [0.25, 0.3) is 0 Å². The van der Waals surface area contributed by atoms with Gasteiger partial charge in [0.1, 0.15) is 5.25 Å². The van der Waals surface area contributed by atoms with Crippen molar-refractivity contribution in [2.24, 2.45) is 0 Å². The highest BCUT2D eigenvalue weighted by molar-refractivity contribution is 8.01. The summed E-state index contributed by atoms with van der Waals surface area (Å²) in [5.41, 5.74) is 0. The molecule has 0 amide bonds. The summed E-state index contributed by atoms with van der Waals surface area (Å²) >= 11 is 1.06. The SMILES string of the molecule is CCC(Sc1ccccc1S(=O)(=O)N(C)C)C(=O)O. The highest BCUT2D eigenvalue weighted by Gasteiger charge is 2.24. The monoisotopic (exact) mass is 303 g/mol. The zero-order chi connectivity index (χ0) is 14.6. The van der Waals surface area contributed by atoms with Gasteiger partial charge in [-0.2, -0.15) is 0 Å². The molecule has 1 atom stereocenters. The number of hydrogen-bond donors (Lipinski definition) is 1. The van der Waals surface area contributed by atoms with Crippen molar-refractivity contribution >= 4 is 27.8 Å². The Morgan fingerprint density at radius 1 is 1.37 bits per heavy atom. The van der Waals surface area contributed by atoms with Gasteiger partial charge in [-0.15, -0.1) is 11.8 Å². The summed E-state index contributed by atoms with van der Waals surface area (Å²) < 4.78 is 25.4. The standard InChI is InChI=1S/C12H17NO4S2/c1-4-9(12(14)15)18-10-7-5-6-8-11(10)19(16,17)13(2)3/h5-9H,4H2,1-3H3,(H,14,15). The molecular weight excluding hydrogens is 286 g/mol. The fourth-order valence-electron chi connectivity index (χ4n) is 1.42. The summed E-state index contributed by atoms with van der Waals surface area (Å²) in [5.74, 6) is -0.940. The third-order valence-electron chi connectivity index (χ3n) is 2.52. The van der Waals surface area contributed by atoms with Gasteiger partial charge < -0.3 is 5.11 Å². The van der Waals surface area contributed by atoms with E-state index in [0.717, 1.165) is 16.1 Å². The van der Waals surface area contributed by atoms with Crippen molar-refractivity contribution in [3.63, 3.8) is 0 Å². The molecule has 0 saturated carbocycles. The number of rotatable bonds is 6. The molecule has 5 nitrogen and oxygen atoms in total. The first-order valence-electron chi connectivity index (χ1n) is 5.71. The summed E-state index contributed by atoms with van der Waals surface area (Å²) in [4.78, 5) is 11.7. The molecule has 19 heavy (non-hydrogen) atoms. The Labute approximate surface area is 117 Å². The number of carbonyl (C=O) groups is 1. The second-order valence-corrected chi connectivity index (χ2v) is 7.45. The summed E-state index contributed by atoms with van der Waals surface area (Å²) in [5, 5.41) is 8.40. The maximum Gasteiger partial charge on any atom is 0.316 e. The van der Waals surface area contributed by atoms with E-state index in [9.17, 15) is 13.2 Å². The summed E-state index contributed by atoms with van der Waals surface area (Å²) in [7, 11) is -0.668. The average molecular weight is 303 g/mol. The number of aliphatic carboxylic acids is 1. The number of thioether (sulfide) groups is 1. The van der Waals surface area contributed by atoms with Crippen molar-refractivity contribution < 1.29 is 18.3 Å². The molecule has 0 spiro atoms. The van der Waals surface area contributed by atoms with Crippen molar-refractivity contribution in [3.05, 3.63) is 24.3 Å². The van der Waals surface area contributed by atoms with E-state index < -0.39 is 21.2 Å². The molecule has 0 bridgehead atoms. The van der Waals surface area contributed by atoms with Crippen molar-refractivity contribution in [2.75, 3.05) is 14.1 Å². The minimum Gasteiger partial charge on any atom is -0.480 e. The number of benzene rings is 1. The fourth-order valence-corrected chi connectivity index (χ4v) is 3.76. The zero-order valence-electron chi connectivity index (χ0n) is 11.0. The van der Waals surface area contributed by atoms with E-state index in [2.05, 4.69) is 0 Å². The van der Waals surface area contributed by atoms with Gasteiger partial charge in [0.2, 0.25) is 10.0 Å². The Bertz CT molecular complexity index is 555. The van der Waals surface area contributed by atoms with E-state index in [1.165, 1.54) is 20.2 Å². The lowest BCUT2D eigenvalue weighted by Gasteiger charge is -2.16. The molecule has 0 aliphatic rings. The van der Waals surface area contributed by atoms with Crippen molar-refractivity contribution in [1.82, 2.24) is 4.31 Å². The fraction of sp³-hybridized carbons (Fsp3) is 0.417. The van der Waals surface area contributed by atoms with Crippen LogP contribution in [0.2, 0.25) is 0 Å². The molecule has 106 valence electrons. The largest absolute Gasteiger partial charge is 0.480 e. The van der Waals surface area contributed by atoms with E-state index in [4.69, 9.17) is 5.11 Å². The number of nitrogens with zero attached hydrogens (tertiary/aromatic N) is 1. The third kappa shape index (κ3) is 3.71. The van der Waals surface area contributed by atoms with Crippen LogP contribution < -0.4 is 0 Å². The first-order valence-corrected chi connectivity index (χ1v) is 8.03. The molecule has 1 aromatic rings. The van der Waals surface area contributed by atoms with Gasteiger partial charge in [0.05, 0.1) is 4.90 Å². The maximum atomic E-state index is 12.2. The van der Waals surface area contributed by atoms with Gasteiger partial charge in [-0.25, -0.2) is 12.7 Å². The Balaban J connectivity index is 3.21. The molecule has 0 aromatic heterocycles. The van der Waals surface area contributed by atoms with Gasteiger partial charge in [-0.05, 0) is 18.6 Å². The highest BCUT2D eigenvalue weighted by atomic mass is 32.2. The van der Waals surface area contributed by atoms with Crippen LogP contribution in [0.3, 0.4) is 0 Å². The number of sulfonamides is 1. The summed E-state index contributed by atoms with van der Waals surface area (Å²) in [6.45, 7) is 1.76. The lowest BCUT2D eigenvalue weighted by Crippen LogP contribution is -2.23. The third-order valence-corrected chi connectivity index (χ3v) is 5.96. The predicted molar refractivity (Wildman–Crippen MR) is 74.9 cm³/mol. The van der Waals surface area contributed by atoms with Crippen LogP contribution in [0.5, 0.6) is 0 Å². The van der Waals surface area contributed by atoms with Gasteiger partial charge >= 0.3 is 5.97 Å². The normalized spacial score (nSPS) is 13.5. The van der Waals surface area contributed by atoms with Gasteiger partial charge in [0.15, 0.2) is 0 Å². The van der Waals surface area contributed by atoms with Crippen LogP contribution in [-0.4, -0.2) is 43.1 Å². The molecule has 0 radical (unpaired) electrons. The first kappa shape index (κ1) is 16.0. The molecule has 7 heteroatoms. The van der Waals surface area contributed by atoms with Crippen molar-refractivity contribution in [1.29, 1.82) is 0 Å². The molecule has 0 aliphatic carbocycles. The number of carboxylic acid groups (broad SMARTS) is 1. The second-order valence-electron chi connectivity index (χ2n) is 4.09. The molecule has 1 unspecified atom stereocenters. The van der Waals surface area contributed by atoms with E-state index in [1.807, 2.05) is 0 Å². The molecule has 0 fully saturated rings. The predicted octanol–water partition coefficient (Wildman–Crippen LogP) is 1.89. The van der Waals surface area contributed by atoms with Crippen LogP contribution in [-0.2, 0) is 14.8 Å². The Kier molecular flexibility index (Phi) is 5.39. The van der Waals surface area contributed by atoms with E-state index in [0.29, 0.717) is 11.3 Å². The van der Waals surface area contributed by atoms with Gasteiger partial charge in [0.25, 0.3) is 0 Å². The molecule has 1 aromatic carbocycles. The molecule has 1 rings (SSSR count). The number of hydrogen-bond acceptors (Lipinski definition) is 4. The quantitative estimate of drug-likeness (QED) is 0.812. The molecule has 0 aliphatic heterocycles. The van der Waals surface area contributed by atoms with Gasteiger partial charge in [-0.1, -0.05) is 19.1 Å². The van der Waals surface area contributed by atoms with Crippen molar-refractivity contribution in [3.8, 4) is 0 Å². The van der Waals surface area contributed by atoms with Gasteiger partial charge in [-0.3, -0.25) is 4.79 Å². The van der Waals surface area contributed by atoms with Crippen molar-refractivity contribution in [2.45, 2.75) is 28.4 Å². The van der Waals surface area contributed by atoms with E-state index >= 15 is 0 Å². The molecule has 0 saturated heterocycles. The van der Waals surface area contributed by atoms with Crippen LogP contribution in [0.4, 0.5) is 0 Å². The Morgan fingerprint density at radius 2 is 1.95 bits per heavy atom.